The molecule has 56 valence electrons. The van der Waals surface area contributed by atoms with Crippen molar-refractivity contribution in [2.24, 2.45) is 5.92 Å². The summed E-state index contributed by atoms with van der Waals surface area (Å²) in [6.45, 7) is 3.46. The van der Waals surface area contributed by atoms with Crippen molar-refractivity contribution in [3.63, 3.8) is 0 Å². The SMILES string of the molecule is CC(C(Cl)Cl)C(C)(Cl)Cl. The molecule has 0 bridgehead atoms. The third kappa shape index (κ3) is 3.77. The Bertz CT molecular complexity index is 83.4. The van der Waals surface area contributed by atoms with Gasteiger partial charge in [0.2, 0.25) is 0 Å². The molecule has 0 saturated heterocycles. The molecule has 0 aliphatic rings. The molecule has 1 atom stereocenters. The molecule has 1 unspecified atom stereocenters. The summed E-state index contributed by atoms with van der Waals surface area (Å²) in [6.07, 6.45) is 0. The van der Waals surface area contributed by atoms with Crippen molar-refractivity contribution >= 4 is 46.4 Å². The van der Waals surface area contributed by atoms with Crippen LogP contribution in [0.3, 0.4) is 0 Å². The van der Waals surface area contributed by atoms with Crippen LogP contribution in [0.15, 0.2) is 0 Å². The van der Waals surface area contributed by atoms with Gasteiger partial charge < -0.3 is 0 Å². The van der Waals surface area contributed by atoms with Crippen LogP contribution in [-0.2, 0) is 0 Å². The summed E-state index contributed by atoms with van der Waals surface area (Å²) >= 11 is 22.4. The monoisotopic (exact) mass is 208 g/mol. The standard InChI is InChI=1S/C5H8Cl4/c1-3(4(6)7)5(2,8)9/h3-4H,1-2H3. The Hall–Kier alpha value is 1.16. The first-order valence-corrected chi connectivity index (χ1v) is 4.14. The van der Waals surface area contributed by atoms with Gasteiger partial charge in [-0.1, -0.05) is 6.92 Å². The van der Waals surface area contributed by atoms with Crippen LogP contribution in [0.4, 0.5) is 0 Å². The van der Waals surface area contributed by atoms with Crippen LogP contribution in [0, 0.1) is 5.92 Å². The average molecular weight is 210 g/mol. The van der Waals surface area contributed by atoms with E-state index in [0.717, 1.165) is 0 Å². The molecule has 0 nitrogen and oxygen atoms in total. The van der Waals surface area contributed by atoms with Crippen LogP contribution in [-0.4, -0.2) is 9.17 Å². The summed E-state index contributed by atoms with van der Waals surface area (Å²) in [5, 5.41) is 0. The van der Waals surface area contributed by atoms with E-state index >= 15 is 0 Å². The molecular weight excluding hydrogens is 202 g/mol. The van der Waals surface area contributed by atoms with Gasteiger partial charge in [0.05, 0.1) is 0 Å². The van der Waals surface area contributed by atoms with E-state index in [1.54, 1.807) is 13.8 Å². The van der Waals surface area contributed by atoms with Gasteiger partial charge in [0.25, 0.3) is 0 Å². The minimum Gasteiger partial charge on any atom is -0.105 e. The van der Waals surface area contributed by atoms with Crippen molar-refractivity contribution in [2.45, 2.75) is 23.0 Å². The molecule has 0 fully saturated rings. The first-order chi connectivity index (χ1) is 3.85. The molecule has 0 aliphatic carbocycles. The third-order valence-corrected chi connectivity index (χ3v) is 2.62. The zero-order chi connectivity index (χ0) is 7.65. The second kappa shape index (κ2) is 3.52. The summed E-state index contributed by atoms with van der Waals surface area (Å²) in [5.74, 6) is -0.121. The first-order valence-electron chi connectivity index (χ1n) is 2.51. The van der Waals surface area contributed by atoms with Crippen molar-refractivity contribution in [1.29, 1.82) is 0 Å². The van der Waals surface area contributed by atoms with E-state index in [2.05, 4.69) is 0 Å². The summed E-state index contributed by atoms with van der Waals surface area (Å²) in [6, 6.07) is 0. The summed E-state index contributed by atoms with van der Waals surface area (Å²) < 4.78 is -0.839. The lowest BCUT2D eigenvalue weighted by Gasteiger charge is -2.22. The number of hydrogen-bond acceptors (Lipinski definition) is 0. The molecule has 0 aromatic rings. The normalized spacial score (nSPS) is 16.3. The Labute approximate surface area is 75.4 Å². The fourth-order valence-corrected chi connectivity index (χ4v) is 1.24. The van der Waals surface area contributed by atoms with Gasteiger partial charge in [-0.25, -0.2) is 0 Å². The number of hydrogen-bond donors (Lipinski definition) is 0. The van der Waals surface area contributed by atoms with Gasteiger partial charge in [-0.15, -0.1) is 46.4 Å². The van der Waals surface area contributed by atoms with E-state index in [9.17, 15) is 0 Å². The van der Waals surface area contributed by atoms with Crippen LogP contribution in [0.2, 0.25) is 0 Å². The Morgan fingerprint density at radius 2 is 1.56 bits per heavy atom. The van der Waals surface area contributed by atoms with E-state index < -0.39 is 9.17 Å². The zero-order valence-corrected chi connectivity index (χ0v) is 8.19. The minimum absolute atomic E-state index is 0.121. The van der Waals surface area contributed by atoms with Crippen molar-refractivity contribution in [3.8, 4) is 0 Å². The van der Waals surface area contributed by atoms with Gasteiger partial charge in [-0.05, 0) is 6.92 Å². The molecule has 9 heavy (non-hydrogen) atoms. The maximum Gasteiger partial charge on any atom is 0.120 e. The maximum absolute atomic E-state index is 5.68. The smallest absolute Gasteiger partial charge is 0.105 e. The van der Waals surface area contributed by atoms with Crippen LogP contribution in [0.1, 0.15) is 13.8 Å². The van der Waals surface area contributed by atoms with Gasteiger partial charge in [-0.2, -0.15) is 0 Å². The lowest BCUT2D eigenvalue weighted by Crippen LogP contribution is -2.24. The molecule has 0 aromatic carbocycles. The van der Waals surface area contributed by atoms with Crippen LogP contribution < -0.4 is 0 Å². The summed E-state index contributed by atoms with van der Waals surface area (Å²) in [4.78, 5) is -0.509. The molecule has 0 aromatic heterocycles. The zero-order valence-electron chi connectivity index (χ0n) is 5.17. The molecule has 4 heteroatoms. The number of halogens is 4. The molecule has 0 rings (SSSR count). The van der Waals surface area contributed by atoms with Gasteiger partial charge in [0, 0.05) is 5.92 Å². The van der Waals surface area contributed by atoms with Crippen molar-refractivity contribution in [2.75, 3.05) is 0 Å². The van der Waals surface area contributed by atoms with Gasteiger partial charge in [0.15, 0.2) is 0 Å². The quantitative estimate of drug-likeness (QED) is 0.610. The van der Waals surface area contributed by atoms with E-state index in [-0.39, 0.29) is 5.92 Å². The molecule has 0 spiro atoms. The Kier molecular flexibility index (Phi) is 3.98. The molecule has 0 N–H and O–H groups in total. The highest BCUT2D eigenvalue weighted by atomic mass is 35.5. The molecule has 0 saturated carbocycles. The Balaban J connectivity index is 3.88. The number of alkyl halides is 4. The van der Waals surface area contributed by atoms with Crippen LogP contribution >= 0.6 is 46.4 Å². The van der Waals surface area contributed by atoms with Crippen LogP contribution in [0.5, 0.6) is 0 Å². The fraction of sp³-hybridized carbons (Fsp3) is 1.00. The van der Waals surface area contributed by atoms with E-state index in [4.69, 9.17) is 46.4 Å². The summed E-state index contributed by atoms with van der Waals surface area (Å²) in [5.41, 5.74) is 0. The van der Waals surface area contributed by atoms with Gasteiger partial charge >= 0.3 is 0 Å². The lowest BCUT2D eigenvalue weighted by molar-refractivity contribution is 0.569. The minimum atomic E-state index is -0.839. The van der Waals surface area contributed by atoms with Gasteiger partial charge in [0.1, 0.15) is 9.17 Å². The average Bonchev–Trinajstić information content (AvgIpc) is 1.62. The molecule has 0 radical (unpaired) electrons. The Morgan fingerprint density at radius 1 is 1.22 bits per heavy atom. The second-order valence-corrected chi connectivity index (χ2v) is 5.01. The molecule has 0 amide bonds. The second-order valence-electron chi connectivity index (χ2n) is 2.08. The van der Waals surface area contributed by atoms with E-state index in [1.165, 1.54) is 0 Å². The highest BCUT2D eigenvalue weighted by Crippen LogP contribution is 2.35. The molecule has 0 aliphatic heterocycles. The third-order valence-electron chi connectivity index (χ3n) is 1.18. The molecular formula is C5H8Cl4. The predicted octanol–water partition coefficient (Wildman–Crippen LogP) is 3.62. The topological polar surface area (TPSA) is 0 Å². The summed E-state index contributed by atoms with van der Waals surface area (Å²) in [7, 11) is 0. The lowest BCUT2D eigenvalue weighted by atomic mass is 10.1. The van der Waals surface area contributed by atoms with Crippen molar-refractivity contribution < 1.29 is 0 Å². The van der Waals surface area contributed by atoms with Gasteiger partial charge in [-0.3, -0.25) is 0 Å². The largest absolute Gasteiger partial charge is 0.120 e. The highest BCUT2D eigenvalue weighted by Gasteiger charge is 2.30. The highest BCUT2D eigenvalue weighted by molar-refractivity contribution is 6.50. The van der Waals surface area contributed by atoms with Crippen molar-refractivity contribution in [3.05, 3.63) is 0 Å². The maximum atomic E-state index is 5.68. The predicted molar refractivity (Wildman–Crippen MR) is 44.8 cm³/mol. The molecule has 0 heterocycles. The number of rotatable bonds is 2. The van der Waals surface area contributed by atoms with E-state index in [0.29, 0.717) is 0 Å². The van der Waals surface area contributed by atoms with E-state index in [1.807, 2.05) is 0 Å². The first kappa shape index (κ1) is 10.2. The van der Waals surface area contributed by atoms with Crippen LogP contribution in [0.25, 0.3) is 0 Å². The fourth-order valence-electron chi connectivity index (χ4n) is 0.221. The Morgan fingerprint density at radius 3 is 1.56 bits per heavy atom. The van der Waals surface area contributed by atoms with Crippen molar-refractivity contribution in [1.82, 2.24) is 0 Å².